The van der Waals surface area contributed by atoms with Gasteiger partial charge in [0.25, 0.3) is 0 Å². The molecule has 0 aromatic heterocycles. The van der Waals surface area contributed by atoms with Crippen molar-refractivity contribution in [3.05, 3.63) is 36.3 Å². The van der Waals surface area contributed by atoms with Gasteiger partial charge in [-0.25, -0.2) is 0 Å². The highest BCUT2D eigenvalue weighted by atomic mass is 16.5. The molecule has 1 aliphatic rings. The van der Waals surface area contributed by atoms with Gasteiger partial charge in [0.15, 0.2) is 11.5 Å². The second-order valence-electron chi connectivity index (χ2n) is 4.62. The molecule has 0 saturated heterocycles. The van der Waals surface area contributed by atoms with Gasteiger partial charge in [0.05, 0.1) is 6.61 Å². The number of hydrogen-bond donors (Lipinski definition) is 1. The SMILES string of the molecule is C=CCOC1=CCCC=C1OCCCNC(C)C. The lowest BCUT2D eigenvalue weighted by molar-refractivity contribution is 0.158. The van der Waals surface area contributed by atoms with Crippen molar-refractivity contribution in [3.8, 4) is 0 Å². The quantitative estimate of drug-likeness (QED) is 0.504. The van der Waals surface area contributed by atoms with E-state index < -0.39 is 0 Å². The normalized spacial score (nSPS) is 15.1. The molecule has 0 fully saturated rings. The number of hydrogen-bond acceptors (Lipinski definition) is 3. The van der Waals surface area contributed by atoms with Crippen LogP contribution in [0.3, 0.4) is 0 Å². The van der Waals surface area contributed by atoms with Gasteiger partial charge >= 0.3 is 0 Å². The molecule has 0 atom stereocenters. The van der Waals surface area contributed by atoms with E-state index in [-0.39, 0.29) is 0 Å². The van der Waals surface area contributed by atoms with Gasteiger partial charge in [-0.15, -0.1) is 0 Å². The van der Waals surface area contributed by atoms with E-state index in [4.69, 9.17) is 9.47 Å². The van der Waals surface area contributed by atoms with Crippen LogP contribution >= 0.6 is 0 Å². The van der Waals surface area contributed by atoms with E-state index in [0.717, 1.165) is 43.9 Å². The first-order valence-electron chi connectivity index (χ1n) is 6.74. The monoisotopic (exact) mass is 251 g/mol. The van der Waals surface area contributed by atoms with E-state index in [9.17, 15) is 0 Å². The van der Waals surface area contributed by atoms with Crippen molar-refractivity contribution in [2.75, 3.05) is 19.8 Å². The van der Waals surface area contributed by atoms with Gasteiger partial charge in [-0.1, -0.05) is 26.5 Å². The standard InChI is InChI=1S/C15H25NO2/c1-4-11-17-14-8-5-6-9-15(14)18-12-7-10-16-13(2)3/h4,8-9,13,16H,1,5-7,10-12H2,2-3H3. The van der Waals surface area contributed by atoms with Gasteiger partial charge in [-0.05, 0) is 38.0 Å². The first-order chi connectivity index (χ1) is 8.74. The maximum absolute atomic E-state index is 5.77. The van der Waals surface area contributed by atoms with Crippen molar-refractivity contribution in [2.24, 2.45) is 0 Å². The Morgan fingerprint density at radius 1 is 1.28 bits per heavy atom. The van der Waals surface area contributed by atoms with Crippen LogP contribution in [0.15, 0.2) is 36.3 Å². The van der Waals surface area contributed by atoms with Crippen LogP contribution in [0.2, 0.25) is 0 Å². The van der Waals surface area contributed by atoms with Crippen molar-refractivity contribution in [3.63, 3.8) is 0 Å². The zero-order valence-electron chi connectivity index (χ0n) is 11.6. The highest BCUT2D eigenvalue weighted by Gasteiger charge is 2.11. The Kier molecular flexibility index (Phi) is 7.26. The van der Waals surface area contributed by atoms with Gasteiger partial charge in [0.2, 0.25) is 0 Å². The molecule has 0 heterocycles. The van der Waals surface area contributed by atoms with Gasteiger partial charge < -0.3 is 14.8 Å². The summed E-state index contributed by atoms with van der Waals surface area (Å²) in [5, 5.41) is 3.37. The molecule has 0 unspecified atom stereocenters. The maximum Gasteiger partial charge on any atom is 0.157 e. The third-order valence-corrected chi connectivity index (χ3v) is 2.56. The maximum atomic E-state index is 5.77. The van der Waals surface area contributed by atoms with E-state index in [1.54, 1.807) is 6.08 Å². The predicted octanol–water partition coefficient (Wildman–Crippen LogP) is 3.16. The number of nitrogens with one attached hydrogen (secondary N) is 1. The molecule has 18 heavy (non-hydrogen) atoms. The molecule has 0 aromatic rings. The van der Waals surface area contributed by atoms with Gasteiger partial charge in [-0.3, -0.25) is 0 Å². The molecular formula is C15H25NO2. The summed E-state index contributed by atoms with van der Waals surface area (Å²) in [6.07, 6.45) is 9.00. The van der Waals surface area contributed by atoms with E-state index >= 15 is 0 Å². The number of ether oxygens (including phenoxy) is 2. The van der Waals surface area contributed by atoms with Crippen LogP contribution in [-0.4, -0.2) is 25.8 Å². The second-order valence-corrected chi connectivity index (χ2v) is 4.62. The van der Waals surface area contributed by atoms with E-state index in [1.165, 1.54) is 0 Å². The third kappa shape index (κ3) is 5.92. The molecule has 0 amide bonds. The number of rotatable bonds is 9. The van der Waals surface area contributed by atoms with Crippen LogP contribution < -0.4 is 5.32 Å². The zero-order valence-corrected chi connectivity index (χ0v) is 11.6. The van der Waals surface area contributed by atoms with Crippen LogP contribution in [0.5, 0.6) is 0 Å². The minimum absolute atomic E-state index is 0.529. The van der Waals surface area contributed by atoms with Crippen molar-refractivity contribution in [1.29, 1.82) is 0 Å². The fourth-order valence-electron chi connectivity index (χ4n) is 1.68. The molecule has 1 N–H and O–H groups in total. The molecule has 1 rings (SSSR count). The molecule has 3 heteroatoms. The Morgan fingerprint density at radius 3 is 2.56 bits per heavy atom. The molecule has 0 saturated carbocycles. The summed E-state index contributed by atoms with van der Waals surface area (Å²) < 4.78 is 11.3. The average molecular weight is 251 g/mol. The Hall–Kier alpha value is -1.22. The fourth-order valence-corrected chi connectivity index (χ4v) is 1.68. The molecule has 0 bridgehead atoms. The minimum Gasteiger partial charge on any atom is -0.490 e. The molecule has 102 valence electrons. The molecule has 0 spiro atoms. The smallest absolute Gasteiger partial charge is 0.157 e. The highest BCUT2D eigenvalue weighted by Crippen LogP contribution is 2.21. The topological polar surface area (TPSA) is 30.5 Å². The third-order valence-electron chi connectivity index (χ3n) is 2.56. The Bertz CT molecular complexity index is 306. The predicted molar refractivity (Wildman–Crippen MR) is 75.3 cm³/mol. The van der Waals surface area contributed by atoms with Crippen molar-refractivity contribution in [2.45, 2.75) is 39.2 Å². The van der Waals surface area contributed by atoms with E-state index in [1.807, 2.05) is 0 Å². The van der Waals surface area contributed by atoms with E-state index in [0.29, 0.717) is 12.6 Å². The van der Waals surface area contributed by atoms with Crippen LogP contribution in [0, 0.1) is 0 Å². The molecular weight excluding hydrogens is 226 g/mol. The summed E-state index contributed by atoms with van der Waals surface area (Å²) >= 11 is 0. The van der Waals surface area contributed by atoms with Crippen LogP contribution in [-0.2, 0) is 9.47 Å². The zero-order chi connectivity index (χ0) is 13.2. The second kappa shape index (κ2) is 8.81. The number of allylic oxidation sites excluding steroid dienone is 2. The molecule has 3 nitrogen and oxygen atoms in total. The van der Waals surface area contributed by atoms with Crippen molar-refractivity contribution in [1.82, 2.24) is 5.32 Å². The Labute approximate surface area is 111 Å². The van der Waals surface area contributed by atoms with Gasteiger partial charge in [0, 0.05) is 6.04 Å². The van der Waals surface area contributed by atoms with Crippen molar-refractivity contribution >= 4 is 0 Å². The first kappa shape index (κ1) is 14.8. The summed E-state index contributed by atoms with van der Waals surface area (Å²) in [6.45, 7) is 10.2. The average Bonchev–Trinajstić information content (AvgIpc) is 2.36. The molecule has 0 radical (unpaired) electrons. The van der Waals surface area contributed by atoms with Crippen molar-refractivity contribution < 1.29 is 9.47 Å². The summed E-state index contributed by atoms with van der Waals surface area (Å²) in [7, 11) is 0. The Morgan fingerprint density at radius 2 is 1.94 bits per heavy atom. The van der Waals surface area contributed by atoms with E-state index in [2.05, 4.69) is 37.9 Å². The van der Waals surface area contributed by atoms with Crippen LogP contribution in [0.25, 0.3) is 0 Å². The summed E-state index contributed by atoms with van der Waals surface area (Å²) in [5.41, 5.74) is 0. The van der Waals surface area contributed by atoms with Crippen LogP contribution in [0.1, 0.15) is 33.1 Å². The summed E-state index contributed by atoms with van der Waals surface area (Å²) in [4.78, 5) is 0. The minimum atomic E-state index is 0.529. The lowest BCUT2D eigenvalue weighted by atomic mass is 10.1. The fraction of sp³-hybridized carbons (Fsp3) is 0.600. The largest absolute Gasteiger partial charge is 0.490 e. The van der Waals surface area contributed by atoms with Crippen LogP contribution in [0.4, 0.5) is 0 Å². The molecule has 0 aliphatic heterocycles. The molecule has 1 aliphatic carbocycles. The van der Waals surface area contributed by atoms with Gasteiger partial charge in [0.1, 0.15) is 6.61 Å². The highest BCUT2D eigenvalue weighted by molar-refractivity contribution is 5.23. The first-order valence-corrected chi connectivity index (χ1v) is 6.74. The lowest BCUT2D eigenvalue weighted by Gasteiger charge is -2.17. The lowest BCUT2D eigenvalue weighted by Crippen LogP contribution is -2.24. The summed E-state index contributed by atoms with van der Waals surface area (Å²) in [5.74, 6) is 1.74. The molecule has 0 aromatic carbocycles. The summed E-state index contributed by atoms with van der Waals surface area (Å²) in [6, 6.07) is 0.533. The van der Waals surface area contributed by atoms with Gasteiger partial charge in [-0.2, -0.15) is 0 Å². The Balaban J connectivity index is 2.24.